The van der Waals surface area contributed by atoms with Crippen LogP contribution < -0.4 is 15.4 Å². The van der Waals surface area contributed by atoms with Gasteiger partial charge in [-0.25, -0.2) is 15.0 Å². The number of benzene rings is 7. The van der Waals surface area contributed by atoms with Gasteiger partial charge in [-0.2, -0.15) is 0 Å². The van der Waals surface area contributed by atoms with Gasteiger partial charge in [0, 0.05) is 38.8 Å². The molecule has 3 aliphatic rings. The number of hydrogen-bond acceptors (Lipinski definition) is 5. The average Bonchev–Trinajstić information content (AvgIpc) is 3.87. The SMILES string of the molecule is C1=CC2Oc3ccccc3C2C=C1c1nc(-c2ccccc2)nc(-c2cccc(C3=c4c(oc5ccc(-c6ccc7c(ccc8ccccc87)c6)cc45)=CCC3)c2)n1. The molecule has 2 unspecified atom stereocenters. The van der Waals surface area contributed by atoms with Crippen molar-refractivity contribution in [3.8, 4) is 39.7 Å². The lowest BCUT2D eigenvalue weighted by Gasteiger charge is -2.18. The van der Waals surface area contributed by atoms with Crippen LogP contribution in [0.1, 0.15) is 35.7 Å². The van der Waals surface area contributed by atoms with Gasteiger partial charge in [0.1, 0.15) is 22.9 Å². The van der Waals surface area contributed by atoms with E-state index in [1.807, 2.05) is 30.3 Å². The molecule has 0 fully saturated rings. The third kappa shape index (κ3) is 5.42. The Labute approximate surface area is 334 Å². The van der Waals surface area contributed by atoms with Crippen LogP contribution in [0.15, 0.2) is 174 Å². The fraction of sp³-hybridized carbons (Fsp3) is 0.0755. The normalized spacial score (nSPS) is 16.8. The predicted octanol–water partition coefficient (Wildman–Crippen LogP) is 11.2. The molecule has 274 valence electrons. The van der Waals surface area contributed by atoms with Gasteiger partial charge in [0.2, 0.25) is 0 Å². The topological polar surface area (TPSA) is 61.0 Å². The Morgan fingerprint density at radius 3 is 2.22 bits per heavy atom. The van der Waals surface area contributed by atoms with Gasteiger partial charge >= 0.3 is 0 Å². The highest BCUT2D eigenvalue weighted by Crippen LogP contribution is 2.43. The zero-order chi connectivity index (χ0) is 38.2. The summed E-state index contributed by atoms with van der Waals surface area (Å²) in [7, 11) is 0. The zero-order valence-corrected chi connectivity index (χ0v) is 31.5. The first-order chi connectivity index (χ1) is 28.7. The molecule has 0 amide bonds. The lowest BCUT2D eigenvalue weighted by Crippen LogP contribution is -2.26. The van der Waals surface area contributed by atoms with Crippen LogP contribution in [0.25, 0.3) is 83.6 Å². The molecule has 0 saturated heterocycles. The quantitative estimate of drug-likeness (QED) is 0.164. The van der Waals surface area contributed by atoms with Gasteiger partial charge in [0.25, 0.3) is 0 Å². The van der Waals surface area contributed by atoms with Crippen molar-refractivity contribution in [3.05, 3.63) is 197 Å². The molecular weight excluding hydrogens is 711 g/mol. The fourth-order valence-electron chi connectivity index (χ4n) is 9.10. The van der Waals surface area contributed by atoms with Crippen molar-refractivity contribution in [1.29, 1.82) is 0 Å². The van der Waals surface area contributed by atoms with Gasteiger partial charge < -0.3 is 9.15 Å². The van der Waals surface area contributed by atoms with Crippen LogP contribution in [0.2, 0.25) is 0 Å². The lowest BCUT2D eigenvalue weighted by molar-refractivity contribution is 0.269. The van der Waals surface area contributed by atoms with E-state index in [0.717, 1.165) is 57.2 Å². The molecule has 0 bridgehead atoms. The maximum Gasteiger partial charge on any atom is 0.164 e. The van der Waals surface area contributed by atoms with E-state index in [1.165, 1.54) is 49.0 Å². The summed E-state index contributed by atoms with van der Waals surface area (Å²) in [5.41, 5.74) is 10.6. The average molecular weight is 746 g/mol. The Balaban J connectivity index is 0.973. The minimum Gasteiger partial charge on any atom is -0.485 e. The molecule has 12 rings (SSSR count). The third-order valence-electron chi connectivity index (χ3n) is 11.9. The number of rotatable bonds is 5. The zero-order valence-electron chi connectivity index (χ0n) is 31.5. The van der Waals surface area contributed by atoms with Gasteiger partial charge in [-0.3, -0.25) is 0 Å². The lowest BCUT2D eigenvalue weighted by atomic mass is 9.89. The summed E-state index contributed by atoms with van der Waals surface area (Å²) >= 11 is 0. The van der Waals surface area contributed by atoms with Gasteiger partial charge in [0.05, 0.1) is 0 Å². The van der Waals surface area contributed by atoms with Crippen LogP contribution in [0.3, 0.4) is 0 Å². The van der Waals surface area contributed by atoms with E-state index in [-0.39, 0.29) is 12.0 Å². The summed E-state index contributed by atoms with van der Waals surface area (Å²) in [6.07, 6.45) is 10.5. The molecule has 2 atom stereocenters. The number of hydrogen-bond donors (Lipinski definition) is 0. The third-order valence-corrected chi connectivity index (χ3v) is 11.9. The first-order valence-corrected chi connectivity index (χ1v) is 20.0. The molecule has 0 spiro atoms. The van der Waals surface area contributed by atoms with Crippen molar-refractivity contribution in [2.75, 3.05) is 0 Å². The molecule has 0 N–H and O–H groups in total. The van der Waals surface area contributed by atoms with Gasteiger partial charge in [-0.1, -0.05) is 133 Å². The summed E-state index contributed by atoms with van der Waals surface area (Å²) in [5, 5.41) is 7.33. The highest BCUT2D eigenvalue weighted by Gasteiger charge is 2.33. The van der Waals surface area contributed by atoms with Crippen LogP contribution in [0.4, 0.5) is 0 Å². The van der Waals surface area contributed by atoms with Crippen LogP contribution in [-0.2, 0) is 0 Å². The van der Waals surface area contributed by atoms with Crippen LogP contribution in [0.5, 0.6) is 5.75 Å². The van der Waals surface area contributed by atoms with E-state index < -0.39 is 0 Å². The summed E-state index contributed by atoms with van der Waals surface area (Å²) in [6.45, 7) is 0. The molecule has 3 heterocycles. The maximum atomic E-state index is 6.53. The molecular formula is C53H35N3O2. The maximum absolute atomic E-state index is 6.53. The van der Waals surface area contributed by atoms with Crippen LogP contribution in [0, 0.1) is 0 Å². The van der Waals surface area contributed by atoms with E-state index in [2.05, 4.69) is 146 Å². The van der Waals surface area contributed by atoms with Crippen molar-refractivity contribution in [2.24, 2.45) is 0 Å². The summed E-state index contributed by atoms with van der Waals surface area (Å²) in [5.74, 6) is 2.95. The second kappa shape index (κ2) is 13.1. The van der Waals surface area contributed by atoms with E-state index in [0.29, 0.717) is 17.5 Å². The molecule has 2 aromatic heterocycles. The first-order valence-electron chi connectivity index (χ1n) is 20.0. The van der Waals surface area contributed by atoms with Crippen molar-refractivity contribution in [1.82, 2.24) is 15.0 Å². The Morgan fingerprint density at radius 1 is 0.534 bits per heavy atom. The number of para-hydroxylation sites is 1. The first kappa shape index (κ1) is 32.8. The number of nitrogens with zero attached hydrogens (tertiary/aromatic N) is 3. The monoisotopic (exact) mass is 745 g/mol. The minimum absolute atomic E-state index is 0.0363. The van der Waals surface area contributed by atoms with Crippen molar-refractivity contribution >= 4 is 49.7 Å². The van der Waals surface area contributed by atoms with E-state index in [9.17, 15) is 0 Å². The Hall–Kier alpha value is -7.37. The van der Waals surface area contributed by atoms with Crippen LogP contribution >= 0.6 is 0 Å². The molecule has 0 radical (unpaired) electrons. The number of fused-ring (bicyclic) bond motifs is 9. The standard InChI is InChI=1S/C53H35N3O2/c1-2-11-33(12-3-1)51-54-52(56-53(55-51)39-24-27-47-44(31-39)43-16-6-7-18-46(43)57-47)38-14-8-13-36(29-38)42-17-9-19-49-50(42)45-30-35(23-26-48(45)58-49)34-22-25-41-37(28-34)21-20-32-10-4-5-15-40(32)41/h1-8,10-16,18-31,44,47H,9,17H2. The smallest absolute Gasteiger partial charge is 0.164 e. The molecule has 58 heavy (non-hydrogen) atoms. The van der Waals surface area contributed by atoms with E-state index in [1.54, 1.807) is 0 Å². The molecule has 2 aliphatic carbocycles. The highest BCUT2D eigenvalue weighted by atomic mass is 16.5. The second-order valence-corrected chi connectivity index (χ2v) is 15.4. The Kier molecular flexibility index (Phi) is 7.42. The molecule has 5 nitrogen and oxygen atoms in total. The Morgan fingerprint density at radius 2 is 1.28 bits per heavy atom. The molecule has 0 saturated carbocycles. The predicted molar refractivity (Wildman–Crippen MR) is 234 cm³/mol. The van der Waals surface area contributed by atoms with Crippen LogP contribution in [-0.4, -0.2) is 21.1 Å². The number of furan rings is 1. The number of ether oxygens (including phenoxy) is 1. The van der Waals surface area contributed by atoms with Gasteiger partial charge in [-0.15, -0.1) is 0 Å². The fourth-order valence-corrected chi connectivity index (χ4v) is 9.10. The summed E-state index contributed by atoms with van der Waals surface area (Å²) in [4.78, 5) is 15.3. The molecule has 9 aromatic rings. The number of allylic oxidation sites excluding steroid dienone is 2. The Bertz CT molecular complexity index is 3340. The van der Waals surface area contributed by atoms with Crippen molar-refractivity contribution < 1.29 is 9.15 Å². The van der Waals surface area contributed by atoms with Crippen molar-refractivity contribution in [2.45, 2.75) is 24.9 Å². The van der Waals surface area contributed by atoms with Crippen molar-refractivity contribution in [3.63, 3.8) is 0 Å². The van der Waals surface area contributed by atoms with E-state index >= 15 is 0 Å². The van der Waals surface area contributed by atoms with E-state index in [4.69, 9.17) is 24.1 Å². The largest absolute Gasteiger partial charge is 0.485 e. The molecule has 7 aromatic carbocycles. The van der Waals surface area contributed by atoms with Gasteiger partial charge in [-0.05, 0) is 99.1 Å². The molecule has 5 heteroatoms. The summed E-state index contributed by atoms with van der Waals surface area (Å²) < 4.78 is 12.8. The summed E-state index contributed by atoms with van der Waals surface area (Å²) in [6, 6.07) is 53.5. The second-order valence-electron chi connectivity index (χ2n) is 15.4. The molecule has 1 aliphatic heterocycles. The van der Waals surface area contributed by atoms with Gasteiger partial charge in [0.15, 0.2) is 17.5 Å². The highest BCUT2D eigenvalue weighted by molar-refractivity contribution is 6.08. The number of aromatic nitrogens is 3. The minimum atomic E-state index is -0.0363.